The standard InChI is InChI=1S/C19H24N2O2/c1-15(2)17-10-6-7-11-18(17)21-14-19(22)20-12-13-23-16-8-4-3-5-9-16/h3-11,15,21H,12-14H2,1-2H3,(H,20,22). The van der Waals surface area contributed by atoms with E-state index in [2.05, 4.69) is 30.5 Å². The fourth-order valence-electron chi connectivity index (χ4n) is 2.28. The molecule has 1 amide bonds. The van der Waals surface area contributed by atoms with Crippen LogP contribution in [0.15, 0.2) is 54.6 Å². The van der Waals surface area contributed by atoms with Crippen LogP contribution in [-0.4, -0.2) is 25.6 Å². The van der Waals surface area contributed by atoms with Crippen LogP contribution in [0.5, 0.6) is 5.75 Å². The monoisotopic (exact) mass is 312 g/mol. The summed E-state index contributed by atoms with van der Waals surface area (Å²) >= 11 is 0. The van der Waals surface area contributed by atoms with Crippen LogP contribution in [-0.2, 0) is 4.79 Å². The Morgan fingerprint density at radius 1 is 1.04 bits per heavy atom. The molecule has 0 fully saturated rings. The molecule has 0 saturated heterocycles. The molecule has 23 heavy (non-hydrogen) atoms. The molecule has 2 aromatic carbocycles. The first-order chi connectivity index (χ1) is 11.2. The summed E-state index contributed by atoms with van der Waals surface area (Å²) in [6.07, 6.45) is 0. The molecule has 0 unspecified atom stereocenters. The summed E-state index contributed by atoms with van der Waals surface area (Å²) in [6, 6.07) is 17.6. The van der Waals surface area contributed by atoms with Crippen LogP contribution in [0.1, 0.15) is 25.3 Å². The third-order valence-electron chi connectivity index (χ3n) is 3.46. The number of nitrogens with one attached hydrogen (secondary N) is 2. The van der Waals surface area contributed by atoms with E-state index in [-0.39, 0.29) is 12.5 Å². The zero-order valence-electron chi connectivity index (χ0n) is 13.7. The lowest BCUT2D eigenvalue weighted by Gasteiger charge is -2.14. The molecule has 0 atom stereocenters. The Hall–Kier alpha value is -2.49. The van der Waals surface area contributed by atoms with Gasteiger partial charge in [0, 0.05) is 5.69 Å². The van der Waals surface area contributed by atoms with Gasteiger partial charge in [-0.3, -0.25) is 4.79 Å². The van der Waals surface area contributed by atoms with Crippen molar-refractivity contribution in [1.29, 1.82) is 0 Å². The molecule has 4 nitrogen and oxygen atoms in total. The van der Waals surface area contributed by atoms with E-state index in [1.807, 2.05) is 48.5 Å². The number of carbonyl (C=O) groups excluding carboxylic acids is 1. The number of rotatable bonds is 8. The maximum atomic E-state index is 11.9. The van der Waals surface area contributed by atoms with Gasteiger partial charge in [0.15, 0.2) is 0 Å². The van der Waals surface area contributed by atoms with Crippen molar-refractivity contribution in [3.63, 3.8) is 0 Å². The Morgan fingerprint density at radius 3 is 2.48 bits per heavy atom. The van der Waals surface area contributed by atoms with Crippen LogP contribution >= 0.6 is 0 Å². The Balaban J connectivity index is 1.69. The molecule has 2 rings (SSSR count). The average molecular weight is 312 g/mol. The summed E-state index contributed by atoms with van der Waals surface area (Å²) in [4.78, 5) is 11.9. The second-order valence-electron chi connectivity index (χ2n) is 5.61. The van der Waals surface area contributed by atoms with Crippen molar-refractivity contribution in [3.8, 4) is 5.75 Å². The fraction of sp³-hybridized carbons (Fsp3) is 0.316. The minimum atomic E-state index is -0.0415. The third-order valence-corrected chi connectivity index (χ3v) is 3.46. The highest BCUT2D eigenvalue weighted by molar-refractivity contribution is 5.81. The second kappa shape index (κ2) is 8.83. The molecule has 0 saturated carbocycles. The zero-order chi connectivity index (χ0) is 16.5. The molecular weight excluding hydrogens is 288 g/mol. The predicted octanol–water partition coefficient (Wildman–Crippen LogP) is 3.42. The summed E-state index contributed by atoms with van der Waals surface area (Å²) in [7, 11) is 0. The van der Waals surface area contributed by atoms with Crippen molar-refractivity contribution < 1.29 is 9.53 Å². The highest BCUT2D eigenvalue weighted by atomic mass is 16.5. The van der Waals surface area contributed by atoms with Gasteiger partial charge in [-0.1, -0.05) is 50.2 Å². The van der Waals surface area contributed by atoms with E-state index in [4.69, 9.17) is 4.74 Å². The number of anilines is 1. The number of hydrogen-bond donors (Lipinski definition) is 2. The van der Waals surface area contributed by atoms with E-state index in [0.29, 0.717) is 19.1 Å². The van der Waals surface area contributed by atoms with Crippen molar-refractivity contribution in [2.24, 2.45) is 0 Å². The second-order valence-corrected chi connectivity index (χ2v) is 5.61. The van der Waals surface area contributed by atoms with Crippen LogP contribution in [0.4, 0.5) is 5.69 Å². The highest BCUT2D eigenvalue weighted by Gasteiger charge is 2.07. The summed E-state index contributed by atoms with van der Waals surface area (Å²) in [5.74, 6) is 1.19. The number of ether oxygens (including phenoxy) is 1. The molecule has 0 spiro atoms. The van der Waals surface area contributed by atoms with Gasteiger partial charge in [-0.2, -0.15) is 0 Å². The van der Waals surface area contributed by atoms with Crippen LogP contribution in [0, 0.1) is 0 Å². The van der Waals surface area contributed by atoms with E-state index in [1.165, 1.54) is 5.56 Å². The largest absolute Gasteiger partial charge is 0.492 e. The van der Waals surface area contributed by atoms with E-state index >= 15 is 0 Å². The molecular formula is C19H24N2O2. The third kappa shape index (κ3) is 5.66. The van der Waals surface area contributed by atoms with Crippen LogP contribution in [0.25, 0.3) is 0 Å². The Bertz CT molecular complexity index is 612. The molecule has 2 N–H and O–H groups in total. The molecule has 0 aliphatic carbocycles. The first kappa shape index (κ1) is 16.9. The van der Waals surface area contributed by atoms with Gasteiger partial charge in [0.05, 0.1) is 13.1 Å². The lowest BCUT2D eigenvalue weighted by molar-refractivity contribution is -0.119. The van der Waals surface area contributed by atoms with Crippen LogP contribution < -0.4 is 15.4 Å². The van der Waals surface area contributed by atoms with Gasteiger partial charge in [-0.25, -0.2) is 0 Å². The summed E-state index contributed by atoms with van der Waals surface area (Å²) in [6.45, 7) is 5.48. The number of benzene rings is 2. The fourth-order valence-corrected chi connectivity index (χ4v) is 2.28. The molecule has 0 aromatic heterocycles. The minimum absolute atomic E-state index is 0.0415. The SMILES string of the molecule is CC(C)c1ccccc1NCC(=O)NCCOc1ccccc1. The molecule has 0 heterocycles. The molecule has 0 aliphatic heterocycles. The Kier molecular flexibility index (Phi) is 6.48. The van der Waals surface area contributed by atoms with Gasteiger partial charge in [-0.15, -0.1) is 0 Å². The highest BCUT2D eigenvalue weighted by Crippen LogP contribution is 2.23. The van der Waals surface area contributed by atoms with E-state index in [1.54, 1.807) is 0 Å². The van der Waals surface area contributed by atoms with Gasteiger partial charge in [0.1, 0.15) is 12.4 Å². The topological polar surface area (TPSA) is 50.4 Å². The lowest BCUT2D eigenvalue weighted by atomic mass is 10.0. The molecule has 2 aromatic rings. The van der Waals surface area contributed by atoms with Gasteiger partial charge < -0.3 is 15.4 Å². The number of amides is 1. The van der Waals surface area contributed by atoms with Crippen LogP contribution in [0.3, 0.4) is 0 Å². The normalized spacial score (nSPS) is 10.4. The van der Waals surface area contributed by atoms with Crippen molar-refractivity contribution in [2.45, 2.75) is 19.8 Å². The number of para-hydroxylation sites is 2. The maximum absolute atomic E-state index is 11.9. The first-order valence-electron chi connectivity index (χ1n) is 7.94. The summed E-state index contributed by atoms with van der Waals surface area (Å²) in [5.41, 5.74) is 2.23. The lowest BCUT2D eigenvalue weighted by Crippen LogP contribution is -2.33. The van der Waals surface area contributed by atoms with Gasteiger partial charge in [0.2, 0.25) is 5.91 Å². The summed E-state index contributed by atoms with van der Waals surface area (Å²) < 4.78 is 5.53. The van der Waals surface area contributed by atoms with Crippen molar-refractivity contribution >= 4 is 11.6 Å². The molecule has 4 heteroatoms. The van der Waals surface area contributed by atoms with E-state index in [9.17, 15) is 4.79 Å². The number of carbonyl (C=O) groups is 1. The minimum Gasteiger partial charge on any atom is -0.492 e. The van der Waals surface area contributed by atoms with Gasteiger partial charge >= 0.3 is 0 Å². The molecule has 0 bridgehead atoms. The Labute approximate surface area is 137 Å². The van der Waals surface area contributed by atoms with Gasteiger partial charge in [0.25, 0.3) is 0 Å². The smallest absolute Gasteiger partial charge is 0.239 e. The van der Waals surface area contributed by atoms with Crippen molar-refractivity contribution in [1.82, 2.24) is 5.32 Å². The first-order valence-corrected chi connectivity index (χ1v) is 7.94. The molecule has 0 radical (unpaired) electrons. The van der Waals surface area contributed by atoms with Crippen molar-refractivity contribution in [3.05, 3.63) is 60.2 Å². The van der Waals surface area contributed by atoms with Gasteiger partial charge in [-0.05, 0) is 29.7 Å². The van der Waals surface area contributed by atoms with Crippen molar-refractivity contribution in [2.75, 3.05) is 25.0 Å². The van der Waals surface area contributed by atoms with E-state index < -0.39 is 0 Å². The number of hydrogen-bond acceptors (Lipinski definition) is 3. The molecule has 122 valence electrons. The zero-order valence-corrected chi connectivity index (χ0v) is 13.7. The maximum Gasteiger partial charge on any atom is 0.239 e. The van der Waals surface area contributed by atoms with Crippen LogP contribution in [0.2, 0.25) is 0 Å². The average Bonchev–Trinajstić information content (AvgIpc) is 2.58. The summed E-state index contributed by atoms with van der Waals surface area (Å²) in [5, 5.41) is 6.05. The quantitative estimate of drug-likeness (QED) is 0.734. The Morgan fingerprint density at radius 2 is 1.74 bits per heavy atom. The van der Waals surface area contributed by atoms with E-state index in [0.717, 1.165) is 11.4 Å². The molecule has 0 aliphatic rings. The predicted molar refractivity (Wildman–Crippen MR) is 94.0 cm³/mol.